The highest BCUT2D eigenvalue weighted by Gasteiger charge is 2.12. The van der Waals surface area contributed by atoms with Gasteiger partial charge in [0.15, 0.2) is 0 Å². The lowest BCUT2D eigenvalue weighted by molar-refractivity contribution is -0.139. The summed E-state index contributed by atoms with van der Waals surface area (Å²) < 4.78 is 15.4. The molecule has 0 aliphatic carbocycles. The number of hydrogen-bond donors (Lipinski definition) is 0. The van der Waals surface area contributed by atoms with Crippen molar-refractivity contribution < 1.29 is 28.6 Å². The Morgan fingerprint density at radius 3 is 1.52 bits per heavy atom. The molecule has 0 saturated carbocycles. The Morgan fingerprint density at radius 2 is 1.10 bits per heavy atom. The smallest absolute Gasteiger partial charge is 0.338 e. The molecule has 0 N–H and O–H groups in total. The van der Waals surface area contributed by atoms with Crippen molar-refractivity contribution in [3.63, 3.8) is 0 Å². The summed E-state index contributed by atoms with van der Waals surface area (Å²) in [6.07, 6.45) is 0.165. The number of carbonyl (C=O) groups is 3. The minimum absolute atomic E-state index is 0.0240. The van der Waals surface area contributed by atoms with Crippen LogP contribution in [0.4, 0.5) is 0 Å². The molecular formula is C25H24O6. The van der Waals surface area contributed by atoms with Crippen LogP contribution >= 0.6 is 0 Å². The average molecular weight is 420 g/mol. The van der Waals surface area contributed by atoms with Gasteiger partial charge in [0, 0.05) is 23.1 Å². The van der Waals surface area contributed by atoms with Crippen LogP contribution in [0.2, 0.25) is 0 Å². The largest absolute Gasteiger partial charge is 0.462 e. The van der Waals surface area contributed by atoms with Gasteiger partial charge in [-0.3, -0.25) is 0 Å². The fourth-order valence-electron chi connectivity index (χ4n) is 2.30. The van der Waals surface area contributed by atoms with Gasteiger partial charge in [-0.05, 0) is 49.2 Å². The summed E-state index contributed by atoms with van der Waals surface area (Å²) in [6.45, 7) is 13.8. The maximum atomic E-state index is 12.1. The van der Waals surface area contributed by atoms with E-state index >= 15 is 0 Å². The molecule has 2 aromatic carbocycles. The fourth-order valence-corrected chi connectivity index (χ4v) is 2.30. The monoisotopic (exact) mass is 420 g/mol. The number of ether oxygens (including phenoxy) is 3. The van der Waals surface area contributed by atoms with E-state index in [0.717, 1.165) is 11.1 Å². The molecule has 0 aromatic heterocycles. The summed E-state index contributed by atoms with van der Waals surface area (Å²) in [7, 11) is 0. The fraction of sp³-hybridized carbons (Fsp3) is 0.160. The van der Waals surface area contributed by atoms with Gasteiger partial charge < -0.3 is 14.2 Å². The zero-order valence-corrected chi connectivity index (χ0v) is 17.6. The molecule has 2 aromatic rings. The van der Waals surface area contributed by atoms with Crippen molar-refractivity contribution in [3.8, 4) is 22.6 Å². The SMILES string of the molecule is C=C(C)C(=O)OCCC(=C)C(=O)Oc1ccc(-c2ccc(OC(=O)C(=C)C)cc2)cc1. The van der Waals surface area contributed by atoms with Crippen LogP contribution in [-0.2, 0) is 19.1 Å². The molecule has 0 unspecified atom stereocenters. The highest BCUT2D eigenvalue weighted by Crippen LogP contribution is 2.25. The third-order valence-corrected chi connectivity index (χ3v) is 4.09. The van der Waals surface area contributed by atoms with Gasteiger partial charge in [-0.2, -0.15) is 0 Å². The van der Waals surface area contributed by atoms with Gasteiger partial charge >= 0.3 is 17.9 Å². The first-order valence-corrected chi connectivity index (χ1v) is 9.48. The van der Waals surface area contributed by atoms with Crippen molar-refractivity contribution in [1.82, 2.24) is 0 Å². The average Bonchev–Trinajstić information content (AvgIpc) is 2.74. The van der Waals surface area contributed by atoms with Crippen molar-refractivity contribution in [3.05, 3.63) is 85.0 Å². The van der Waals surface area contributed by atoms with Gasteiger partial charge in [-0.25, -0.2) is 14.4 Å². The molecule has 0 saturated heterocycles. The summed E-state index contributed by atoms with van der Waals surface area (Å²) in [6, 6.07) is 13.9. The topological polar surface area (TPSA) is 78.9 Å². The molecule has 0 fully saturated rings. The van der Waals surface area contributed by atoms with Gasteiger partial charge in [0.05, 0.1) is 6.61 Å². The molecule has 0 heterocycles. The van der Waals surface area contributed by atoms with Gasteiger partial charge in [0.2, 0.25) is 0 Å². The van der Waals surface area contributed by atoms with Crippen LogP contribution in [0.5, 0.6) is 11.5 Å². The van der Waals surface area contributed by atoms with Crippen molar-refractivity contribution in [2.75, 3.05) is 6.61 Å². The molecule has 2 rings (SSSR count). The molecule has 0 amide bonds. The van der Waals surface area contributed by atoms with Crippen LogP contribution in [-0.4, -0.2) is 24.5 Å². The van der Waals surface area contributed by atoms with E-state index in [0.29, 0.717) is 17.1 Å². The van der Waals surface area contributed by atoms with E-state index in [1.807, 2.05) is 12.1 Å². The van der Waals surface area contributed by atoms with Gasteiger partial charge in [-0.15, -0.1) is 0 Å². The Bertz CT molecular complexity index is 1010. The summed E-state index contributed by atoms with van der Waals surface area (Å²) in [5, 5.41) is 0. The van der Waals surface area contributed by atoms with Gasteiger partial charge in [-0.1, -0.05) is 44.0 Å². The number of esters is 3. The van der Waals surface area contributed by atoms with Crippen LogP contribution in [0.25, 0.3) is 11.1 Å². The lowest BCUT2D eigenvalue weighted by Gasteiger charge is -2.09. The molecular weight excluding hydrogens is 396 g/mol. The summed E-state index contributed by atoms with van der Waals surface area (Å²) in [5.74, 6) is -0.799. The molecule has 160 valence electrons. The summed E-state index contributed by atoms with van der Waals surface area (Å²) in [4.78, 5) is 35.0. The molecule has 0 bridgehead atoms. The van der Waals surface area contributed by atoms with E-state index < -0.39 is 17.9 Å². The molecule has 6 nitrogen and oxygen atoms in total. The van der Waals surface area contributed by atoms with E-state index in [9.17, 15) is 14.4 Å². The number of benzene rings is 2. The zero-order valence-electron chi connectivity index (χ0n) is 17.6. The Balaban J connectivity index is 1.91. The maximum absolute atomic E-state index is 12.1. The summed E-state index contributed by atoms with van der Waals surface area (Å²) in [5.41, 5.74) is 2.60. The Labute approximate surface area is 181 Å². The first-order chi connectivity index (χ1) is 14.7. The van der Waals surface area contributed by atoms with E-state index in [1.54, 1.807) is 50.2 Å². The molecule has 6 heteroatoms. The van der Waals surface area contributed by atoms with Crippen molar-refractivity contribution in [2.45, 2.75) is 20.3 Å². The Hall–Kier alpha value is -3.93. The van der Waals surface area contributed by atoms with Crippen molar-refractivity contribution in [1.29, 1.82) is 0 Å². The third-order valence-electron chi connectivity index (χ3n) is 4.09. The quantitative estimate of drug-likeness (QED) is 0.329. The zero-order chi connectivity index (χ0) is 23.0. The Morgan fingerprint density at radius 1 is 0.677 bits per heavy atom. The molecule has 0 spiro atoms. The molecule has 0 aliphatic rings. The highest BCUT2D eigenvalue weighted by atomic mass is 16.5. The van der Waals surface area contributed by atoms with Crippen molar-refractivity contribution >= 4 is 17.9 Å². The van der Waals surface area contributed by atoms with E-state index in [4.69, 9.17) is 14.2 Å². The van der Waals surface area contributed by atoms with Crippen LogP contribution < -0.4 is 9.47 Å². The second-order valence-electron chi connectivity index (χ2n) is 6.88. The van der Waals surface area contributed by atoms with Crippen LogP contribution in [0.3, 0.4) is 0 Å². The summed E-state index contributed by atoms with van der Waals surface area (Å²) >= 11 is 0. The molecule has 31 heavy (non-hydrogen) atoms. The normalized spacial score (nSPS) is 10.0. The highest BCUT2D eigenvalue weighted by molar-refractivity contribution is 5.90. The van der Waals surface area contributed by atoms with Crippen LogP contribution in [0.1, 0.15) is 20.3 Å². The predicted octanol–water partition coefficient (Wildman–Crippen LogP) is 4.81. The van der Waals surface area contributed by atoms with Gasteiger partial charge in [0.1, 0.15) is 11.5 Å². The van der Waals surface area contributed by atoms with E-state index in [1.165, 1.54) is 0 Å². The lowest BCUT2D eigenvalue weighted by atomic mass is 10.1. The first-order valence-electron chi connectivity index (χ1n) is 9.48. The van der Waals surface area contributed by atoms with Gasteiger partial charge in [0.25, 0.3) is 0 Å². The molecule has 0 atom stereocenters. The molecule has 0 radical (unpaired) electrons. The van der Waals surface area contributed by atoms with E-state index in [2.05, 4.69) is 19.7 Å². The first kappa shape index (κ1) is 23.3. The number of carbonyl (C=O) groups excluding carboxylic acids is 3. The maximum Gasteiger partial charge on any atom is 0.338 e. The predicted molar refractivity (Wildman–Crippen MR) is 117 cm³/mol. The molecule has 0 aliphatic heterocycles. The second-order valence-corrected chi connectivity index (χ2v) is 6.88. The van der Waals surface area contributed by atoms with Crippen LogP contribution in [0, 0.1) is 0 Å². The second kappa shape index (κ2) is 10.7. The van der Waals surface area contributed by atoms with Crippen LogP contribution in [0.15, 0.2) is 85.0 Å². The van der Waals surface area contributed by atoms with E-state index in [-0.39, 0.29) is 24.2 Å². The Kier molecular flexibility index (Phi) is 8.09. The third kappa shape index (κ3) is 7.12. The number of hydrogen-bond acceptors (Lipinski definition) is 6. The lowest BCUT2D eigenvalue weighted by Crippen LogP contribution is -2.13. The minimum Gasteiger partial charge on any atom is -0.462 e. The number of rotatable bonds is 9. The minimum atomic E-state index is -0.595. The standard InChI is InChI=1S/C25H24O6/c1-16(2)23(26)29-15-14-18(5)25(28)31-22-12-8-20(9-13-22)19-6-10-21(11-7-19)30-24(27)17(3)4/h6-13H,1,3,5,14-15H2,2,4H3. The van der Waals surface area contributed by atoms with Crippen molar-refractivity contribution in [2.24, 2.45) is 0 Å².